The minimum Gasteiger partial charge on any atom is -0.496 e. The molecular formula is C15H13NO2. The summed E-state index contributed by atoms with van der Waals surface area (Å²) in [6, 6.07) is 16.3. The third-order valence-electron chi connectivity index (χ3n) is 2.81. The molecule has 1 N–H and O–H groups in total. The molecule has 18 heavy (non-hydrogen) atoms. The molecule has 3 heteroatoms. The Morgan fingerprint density at radius 2 is 1.67 bits per heavy atom. The van der Waals surface area contributed by atoms with Crippen LogP contribution in [0.15, 0.2) is 48.5 Å². The number of aliphatic hydroxyl groups is 1. The maximum Gasteiger partial charge on any atom is 0.125 e. The standard InChI is InChI=1S/C15H13NO2/c1-18-14-9-5-4-8-13(14)15(17)12-7-3-2-6-11(12)10-16/h2-9,15,17H,1H3. The van der Waals surface area contributed by atoms with Gasteiger partial charge in [0.15, 0.2) is 0 Å². The first-order valence-corrected chi connectivity index (χ1v) is 5.58. The zero-order valence-corrected chi connectivity index (χ0v) is 10.00. The van der Waals surface area contributed by atoms with E-state index >= 15 is 0 Å². The van der Waals surface area contributed by atoms with Gasteiger partial charge < -0.3 is 9.84 Å². The number of nitrogens with zero attached hydrogens (tertiary/aromatic N) is 1. The van der Waals surface area contributed by atoms with Crippen molar-refractivity contribution in [2.24, 2.45) is 0 Å². The quantitative estimate of drug-likeness (QED) is 0.895. The van der Waals surface area contributed by atoms with Crippen LogP contribution >= 0.6 is 0 Å². The van der Waals surface area contributed by atoms with E-state index < -0.39 is 6.10 Å². The molecule has 0 amide bonds. The van der Waals surface area contributed by atoms with Gasteiger partial charge >= 0.3 is 0 Å². The highest BCUT2D eigenvalue weighted by Crippen LogP contribution is 2.31. The first-order valence-electron chi connectivity index (χ1n) is 5.58. The number of nitriles is 1. The van der Waals surface area contributed by atoms with Gasteiger partial charge in [-0.3, -0.25) is 0 Å². The van der Waals surface area contributed by atoms with Gasteiger partial charge in [0.2, 0.25) is 0 Å². The SMILES string of the molecule is COc1ccccc1C(O)c1ccccc1C#N. The number of ether oxygens (including phenoxy) is 1. The minimum atomic E-state index is -0.864. The predicted octanol–water partition coefficient (Wildman–Crippen LogP) is 2.65. The van der Waals surface area contributed by atoms with Crippen molar-refractivity contribution in [3.05, 3.63) is 65.2 Å². The van der Waals surface area contributed by atoms with Crippen molar-refractivity contribution in [1.82, 2.24) is 0 Å². The maximum absolute atomic E-state index is 10.4. The monoisotopic (exact) mass is 239 g/mol. The molecule has 0 fully saturated rings. The van der Waals surface area contributed by atoms with Crippen LogP contribution in [0.25, 0.3) is 0 Å². The van der Waals surface area contributed by atoms with Gasteiger partial charge in [0, 0.05) is 11.1 Å². The molecular weight excluding hydrogens is 226 g/mol. The lowest BCUT2D eigenvalue weighted by Crippen LogP contribution is -2.04. The second-order valence-corrected chi connectivity index (χ2v) is 3.84. The van der Waals surface area contributed by atoms with E-state index in [-0.39, 0.29) is 0 Å². The largest absolute Gasteiger partial charge is 0.496 e. The molecule has 0 aromatic heterocycles. The van der Waals surface area contributed by atoms with Crippen LogP contribution in [0.2, 0.25) is 0 Å². The molecule has 90 valence electrons. The second-order valence-electron chi connectivity index (χ2n) is 3.84. The molecule has 0 heterocycles. The molecule has 1 unspecified atom stereocenters. The number of rotatable bonds is 3. The summed E-state index contributed by atoms with van der Waals surface area (Å²) in [6.45, 7) is 0. The van der Waals surface area contributed by atoms with E-state index in [4.69, 9.17) is 10.00 Å². The summed E-state index contributed by atoms with van der Waals surface area (Å²) in [5, 5.41) is 19.4. The van der Waals surface area contributed by atoms with Crippen LogP contribution < -0.4 is 4.74 Å². The highest BCUT2D eigenvalue weighted by atomic mass is 16.5. The molecule has 2 aromatic rings. The van der Waals surface area contributed by atoms with Crippen molar-refractivity contribution < 1.29 is 9.84 Å². The van der Waals surface area contributed by atoms with E-state index in [2.05, 4.69) is 6.07 Å². The number of aliphatic hydroxyl groups excluding tert-OH is 1. The fourth-order valence-corrected chi connectivity index (χ4v) is 1.90. The Balaban J connectivity index is 2.48. The Bertz CT molecular complexity index is 587. The van der Waals surface area contributed by atoms with Gasteiger partial charge in [0.05, 0.1) is 18.7 Å². The van der Waals surface area contributed by atoms with Gasteiger partial charge in [0.1, 0.15) is 11.9 Å². The molecule has 2 aromatic carbocycles. The Kier molecular flexibility index (Phi) is 3.61. The zero-order valence-electron chi connectivity index (χ0n) is 10.00. The van der Waals surface area contributed by atoms with Crippen LogP contribution in [0.1, 0.15) is 22.8 Å². The topological polar surface area (TPSA) is 53.2 Å². The molecule has 0 aliphatic heterocycles. The van der Waals surface area contributed by atoms with Gasteiger partial charge in [-0.15, -0.1) is 0 Å². The molecule has 0 saturated heterocycles. The zero-order chi connectivity index (χ0) is 13.0. The van der Waals surface area contributed by atoms with Crippen molar-refractivity contribution in [2.75, 3.05) is 7.11 Å². The molecule has 0 aliphatic carbocycles. The molecule has 0 aliphatic rings. The summed E-state index contributed by atoms with van der Waals surface area (Å²) >= 11 is 0. The smallest absolute Gasteiger partial charge is 0.125 e. The highest BCUT2D eigenvalue weighted by Gasteiger charge is 2.17. The highest BCUT2D eigenvalue weighted by molar-refractivity contribution is 5.46. The molecule has 0 saturated carbocycles. The van der Waals surface area contributed by atoms with E-state index in [9.17, 15) is 5.11 Å². The van der Waals surface area contributed by atoms with E-state index in [1.165, 1.54) is 0 Å². The van der Waals surface area contributed by atoms with Crippen molar-refractivity contribution in [1.29, 1.82) is 5.26 Å². The number of methoxy groups -OCH3 is 1. The predicted molar refractivity (Wildman–Crippen MR) is 68.2 cm³/mol. The average Bonchev–Trinajstić information content (AvgIpc) is 2.46. The molecule has 3 nitrogen and oxygen atoms in total. The lowest BCUT2D eigenvalue weighted by atomic mass is 9.97. The summed E-state index contributed by atoms with van der Waals surface area (Å²) < 4.78 is 5.22. The molecule has 2 rings (SSSR count). The fraction of sp³-hybridized carbons (Fsp3) is 0.133. The van der Waals surface area contributed by atoms with Crippen molar-refractivity contribution in [3.63, 3.8) is 0 Å². The van der Waals surface area contributed by atoms with Crippen molar-refractivity contribution >= 4 is 0 Å². The van der Waals surface area contributed by atoms with Crippen molar-refractivity contribution in [3.8, 4) is 11.8 Å². The molecule has 0 bridgehead atoms. The first-order chi connectivity index (χ1) is 8.77. The van der Waals surface area contributed by atoms with E-state index in [1.54, 1.807) is 43.5 Å². The molecule has 0 spiro atoms. The summed E-state index contributed by atoms with van der Waals surface area (Å²) in [5.74, 6) is 0.609. The minimum absolute atomic E-state index is 0.468. The maximum atomic E-state index is 10.4. The van der Waals surface area contributed by atoms with Crippen LogP contribution in [-0.2, 0) is 0 Å². The average molecular weight is 239 g/mol. The Morgan fingerprint density at radius 3 is 2.33 bits per heavy atom. The van der Waals surface area contributed by atoms with Crippen LogP contribution in [-0.4, -0.2) is 12.2 Å². The van der Waals surface area contributed by atoms with Crippen LogP contribution in [0.3, 0.4) is 0 Å². The van der Waals surface area contributed by atoms with Gasteiger partial charge in [-0.25, -0.2) is 0 Å². The van der Waals surface area contributed by atoms with Gasteiger partial charge in [-0.2, -0.15) is 5.26 Å². The number of hydrogen-bond donors (Lipinski definition) is 1. The summed E-state index contributed by atoms with van der Waals surface area (Å²) in [6.07, 6.45) is -0.864. The van der Waals surface area contributed by atoms with E-state index in [0.29, 0.717) is 22.4 Å². The van der Waals surface area contributed by atoms with Crippen LogP contribution in [0.4, 0.5) is 0 Å². The van der Waals surface area contributed by atoms with Crippen LogP contribution in [0.5, 0.6) is 5.75 Å². The Morgan fingerprint density at radius 1 is 1.06 bits per heavy atom. The van der Waals surface area contributed by atoms with Gasteiger partial charge in [-0.1, -0.05) is 36.4 Å². The lowest BCUT2D eigenvalue weighted by molar-refractivity contribution is 0.214. The van der Waals surface area contributed by atoms with E-state index in [0.717, 1.165) is 0 Å². The van der Waals surface area contributed by atoms with Gasteiger partial charge in [-0.05, 0) is 12.1 Å². The number of para-hydroxylation sites is 1. The molecule has 0 radical (unpaired) electrons. The third kappa shape index (κ3) is 2.20. The second kappa shape index (κ2) is 5.35. The Labute approximate surface area is 106 Å². The summed E-state index contributed by atoms with van der Waals surface area (Å²) in [4.78, 5) is 0. The van der Waals surface area contributed by atoms with Crippen LogP contribution in [0, 0.1) is 11.3 Å². The first kappa shape index (κ1) is 12.2. The Hall–Kier alpha value is -2.31. The normalized spacial score (nSPS) is 11.6. The number of benzene rings is 2. The fourth-order valence-electron chi connectivity index (χ4n) is 1.90. The van der Waals surface area contributed by atoms with E-state index in [1.807, 2.05) is 12.1 Å². The summed E-state index contributed by atoms with van der Waals surface area (Å²) in [7, 11) is 1.56. The lowest BCUT2D eigenvalue weighted by Gasteiger charge is -2.15. The third-order valence-corrected chi connectivity index (χ3v) is 2.81. The van der Waals surface area contributed by atoms with Gasteiger partial charge in [0.25, 0.3) is 0 Å². The summed E-state index contributed by atoms with van der Waals surface area (Å²) in [5.41, 5.74) is 1.71. The molecule has 1 atom stereocenters. The number of hydrogen-bond acceptors (Lipinski definition) is 3. The van der Waals surface area contributed by atoms with Crippen molar-refractivity contribution in [2.45, 2.75) is 6.10 Å².